The van der Waals surface area contributed by atoms with Gasteiger partial charge in [-0.2, -0.15) is 0 Å². The number of anilines is 1. The smallest absolute Gasteiger partial charge is 0.238 e. The second-order valence-corrected chi connectivity index (χ2v) is 6.09. The molecule has 1 aliphatic heterocycles. The fourth-order valence-corrected chi connectivity index (χ4v) is 3.43. The molecule has 1 heterocycles. The Labute approximate surface area is 140 Å². The molecule has 6 nitrogen and oxygen atoms in total. The van der Waals surface area contributed by atoms with Gasteiger partial charge in [0.05, 0.1) is 7.11 Å². The number of nitrogens with zero attached hydrogens (tertiary/aromatic N) is 2. The summed E-state index contributed by atoms with van der Waals surface area (Å²) in [6, 6.07) is 7.09. The van der Waals surface area contributed by atoms with Crippen molar-refractivity contribution >= 4 is 34.4 Å². The van der Waals surface area contributed by atoms with Crippen molar-refractivity contribution in [2.75, 3.05) is 25.5 Å². The van der Waals surface area contributed by atoms with E-state index in [4.69, 9.17) is 4.74 Å². The topological polar surface area (TPSA) is 71.0 Å². The molecule has 0 aromatic heterocycles. The zero-order valence-corrected chi connectivity index (χ0v) is 14.4. The van der Waals surface area contributed by atoms with Gasteiger partial charge in [0.25, 0.3) is 0 Å². The highest BCUT2D eigenvalue weighted by Crippen LogP contribution is 2.27. The summed E-state index contributed by atoms with van der Waals surface area (Å²) in [5, 5.41) is 3.00. The van der Waals surface area contributed by atoms with Crippen LogP contribution in [0.5, 0.6) is 5.75 Å². The minimum Gasteiger partial charge on any atom is -0.497 e. The Kier molecular flexibility index (Phi) is 6.04. The van der Waals surface area contributed by atoms with E-state index in [1.165, 1.54) is 11.8 Å². The van der Waals surface area contributed by atoms with Crippen LogP contribution < -0.4 is 10.1 Å². The molecule has 1 saturated heterocycles. The van der Waals surface area contributed by atoms with E-state index < -0.39 is 5.25 Å². The number of ether oxygens (including phenoxy) is 1. The molecular weight excluding hydrogens is 314 g/mol. The van der Waals surface area contributed by atoms with Crippen molar-refractivity contribution in [1.29, 1.82) is 0 Å². The summed E-state index contributed by atoms with van der Waals surface area (Å²) in [5.41, 5.74) is 0.677. The van der Waals surface area contributed by atoms with Crippen LogP contribution in [-0.2, 0) is 9.59 Å². The van der Waals surface area contributed by atoms with Crippen molar-refractivity contribution in [2.45, 2.75) is 25.5 Å². The molecule has 23 heavy (non-hydrogen) atoms. The van der Waals surface area contributed by atoms with E-state index in [0.717, 1.165) is 5.75 Å². The van der Waals surface area contributed by atoms with Gasteiger partial charge in [-0.3, -0.25) is 19.5 Å². The second-order valence-electron chi connectivity index (χ2n) is 4.92. The van der Waals surface area contributed by atoms with Crippen molar-refractivity contribution in [1.82, 2.24) is 4.90 Å². The number of rotatable bonds is 5. The van der Waals surface area contributed by atoms with Crippen LogP contribution in [0.15, 0.2) is 29.3 Å². The summed E-state index contributed by atoms with van der Waals surface area (Å²) < 4.78 is 5.09. The highest BCUT2D eigenvalue weighted by molar-refractivity contribution is 8.15. The van der Waals surface area contributed by atoms with E-state index in [-0.39, 0.29) is 18.2 Å². The van der Waals surface area contributed by atoms with Crippen molar-refractivity contribution in [3.8, 4) is 5.75 Å². The van der Waals surface area contributed by atoms with Crippen LogP contribution in [0.4, 0.5) is 5.69 Å². The number of aliphatic imine (C=N–C) groups is 1. The minimum atomic E-state index is -0.460. The van der Waals surface area contributed by atoms with Gasteiger partial charge in [-0.05, 0) is 38.1 Å². The first-order valence-corrected chi connectivity index (χ1v) is 8.43. The summed E-state index contributed by atoms with van der Waals surface area (Å²) >= 11 is 1.35. The average Bonchev–Trinajstić information content (AvgIpc) is 2.55. The van der Waals surface area contributed by atoms with Crippen molar-refractivity contribution < 1.29 is 14.3 Å². The summed E-state index contributed by atoms with van der Waals surface area (Å²) in [7, 11) is 1.59. The molecular formula is C16H21N3O3S. The third kappa shape index (κ3) is 4.25. The number of hydrogen-bond acceptors (Lipinski definition) is 5. The second kappa shape index (κ2) is 8.01. The number of carbonyl (C=O) groups is 2. The normalized spacial score (nSPS) is 19.8. The van der Waals surface area contributed by atoms with Gasteiger partial charge in [0.2, 0.25) is 11.8 Å². The predicted octanol–water partition coefficient (Wildman–Crippen LogP) is 2.36. The molecule has 0 saturated carbocycles. The number of amides is 2. The van der Waals surface area contributed by atoms with Gasteiger partial charge < -0.3 is 10.1 Å². The first kappa shape index (κ1) is 17.3. The summed E-state index contributed by atoms with van der Waals surface area (Å²) in [6.07, 6.45) is 0.184. The molecule has 124 valence electrons. The van der Waals surface area contributed by atoms with Crippen molar-refractivity contribution in [3.63, 3.8) is 0 Å². The van der Waals surface area contributed by atoms with E-state index in [9.17, 15) is 9.59 Å². The summed E-state index contributed by atoms with van der Waals surface area (Å²) in [6.45, 7) is 4.96. The highest BCUT2D eigenvalue weighted by Gasteiger charge is 2.34. The Morgan fingerprint density at radius 3 is 2.65 bits per heavy atom. The van der Waals surface area contributed by atoms with E-state index in [2.05, 4.69) is 10.3 Å². The van der Waals surface area contributed by atoms with Gasteiger partial charge in [0.15, 0.2) is 5.17 Å². The molecule has 1 aliphatic rings. The quantitative estimate of drug-likeness (QED) is 0.897. The lowest BCUT2D eigenvalue weighted by molar-refractivity contribution is -0.129. The number of hydrogen-bond donors (Lipinski definition) is 1. The Balaban J connectivity index is 2.06. The Hall–Kier alpha value is -2.02. The molecule has 7 heteroatoms. The first-order valence-electron chi connectivity index (χ1n) is 7.55. The lowest BCUT2D eigenvalue weighted by atomic mass is 10.2. The molecule has 1 aromatic rings. The number of amidine groups is 1. The first-order chi connectivity index (χ1) is 11.1. The van der Waals surface area contributed by atoms with Crippen LogP contribution in [0.25, 0.3) is 0 Å². The molecule has 2 rings (SSSR count). The molecule has 1 unspecified atom stereocenters. The van der Waals surface area contributed by atoms with Crippen LogP contribution in [0.1, 0.15) is 20.3 Å². The largest absolute Gasteiger partial charge is 0.497 e. The van der Waals surface area contributed by atoms with Crippen LogP contribution in [0.2, 0.25) is 0 Å². The van der Waals surface area contributed by atoms with Crippen LogP contribution in [0, 0.1) is 0 Å². The van der Waals surface area contributed by atoms with Gasteiger partial charge in [0, 0.05) is 25.2 Å². The van der Waals surface area contributed by atoms with Gasteiger partial charge in [-0.25, -0.2) is 0 Å². The maximum atomic E-state index is 12.4. The number of carbonyl (C=O) groups excluding carboxylic acids is 2. The Morgan fingerprint density at radius 2 is 2.09 bits per heavy atom. The minimum absolute atomic E-state index is 0.0617. The standard InChI is InChI=1S/C16H21N3O3S/c1-4-17-16-19(5-2)14(20)10-13(23-16)15(21)18-11-6-8-12(22-3)9-7-11/h6-9,13H,4-5,10H2,1-3H3,(H,18,21). The zero-order chi connectivity index (χ0) is 16.8. The van der Waals surface area contributed by atoms with Crippen molar-refractivity contribution in [3.05, 3.63) is 24.3 Å². The van der Waals surface area contributed by atoms with E-state index in [1.807, 2.05) is 13.8 Å². The van der Waals surface area contributed by atoms with Gasteiger partial charge >= 0.3 is 0 Å². The summed E-state index contributed by atoms with van der Waals surface area (Å²) in [4.78, 5) is 30.6. The predicted molar refractivity (Wildman–Crippen MR) is 93.0 cm³/mol. The molecule has 0 aliphatic carbocycles. The number of benzene rings is 1. The fourth-order valence-electron chi connectivity index (χ4n) is 2.22. The van der Waals surface area contributed by atoms with E-state index in [0.29, 0.717) is 23.9 Å². The molecule has 0 radical (unpaired) electrons. The molecule has 1 fully saturated rings. The van der Waals surface area contributed by atoms with Crippen LogP contribution in [0.3, 0.4) is 0 Å². The lowest BCUT2D eigenvalue weighted by Gasteiger charge is -2.30. The highest BCUT2D eigenvalue weighted by atomic mass is 32.2. The average molecular weight is 335 g/mol. The van der Waals surface area contributed by atoms with Crippen LogP contribution in [-0.4, -0.2) is 47.3 Å². The van der Waals surface area contributed by atoms with Gasteiger partial charge in [-0.1, -0.05) is 11.8 Å². The van der Waals surface area contributed by atoms with Crippen LogP contribution >= 0.6 is 11.8 Å². The molecule has 1 N–H and O–H groups in total. The maximum Gasteiger partial charge on any atom is 0.238 e. The SMILES string of the molecule is CCN=C1SC(C(=O)Nc2ccc(OC)cc2)CC(=O)N1CC. The monoisotopic (exact) mass is 335 g/mol. The molecule has 2 amide bonds. The number of nitrogens with one attached hydrogen (secondary N) is 1. The zero-order valence-electron chi connectivity index (χ0n) is 13.5. The molecule has 0 spiro atoms. The lowest BCUT2D eigenvalue weighted by Crippen LogP contribution is -2.45. The van der Waals surface area contributed by atoms with Gasteiger partial charge in [-0.15, -0.1) is 0 Å². The van der Waals surface area contributed by atoms with E-state index in [1.54, 1.807) is 36.3 Å². The summed E-state index contributed by atoms with van der Waals surface area (Å²) in [5.74, 6) is 0.475. The Morgan fingerprint density at radius 1 is 1.39 bits per heavy atom. The maximum absolute atomic E-state index is 12.4. The van der Waals surface area contributed by atoms with Crippen molar-refractivity contribution in [2.24, 2.45) is 4.99 Å². The molecule has 1 aromatic carbocycles. The Bertz CT molecular complexity index is 601. The number of methoxy groups -OCH3 is 1. The fraction of sp³-hybridized carbons (Fsp3) is 0.438. The third-order valence-corrected chi connectivity index (χ3v) is 4.62. The molecule has 1 atom stereocenters. The number of thioether (sulfide) groups is 1. The van der Waals surface area contributed by atoms with Gasteiger partial charge in [0.1, 0.15) is 11.0 Å². The van der Waals surface area contributed by atoms with E-state index >= 15 is 0 Å². The molecule has 0 bridgehead atoms. The third-order valence-electron chi connectivity index (χ3n) is 3.40.